The highest BCUT2D eigenvalue weighted by Crippen LogP contribution is 2.24. The van der Waals surface area contributed by atoms with E-state index in [2.05, 4.69) is 10.3 Å². The van der Waals surface area contributed by atoms with Gasteiger partial charge in [-0.15, -0.1) is 11.3 Å². The zero-order valence-corrected chi connectivity index (χ0v) is 12.7. The molecule has 2 aromatic rings. The smallest absolute Gasteiger partial charge is 0.271 e. The Morgan fingerprint density at radius 2 is 2.35 bits per heavy atom. The van der Waals surface area contributed by atoms with E-state index in [9.17, 15) is 4.79 Å². The maximum atomic E-state index is 12.3. The summed E-state index contributed by atoms with van der Waals surface area (Å²) in [5.41, 5.74) is 6.62. The molecule has 0 aromatic carbocycles. The fourth-order valence-electron chi connectivity index (χ4n) is 1.65. The summed E-state index contributed by atoms with van der Waals surface area (Å²) in [5, 5.41) is 5.49. The number of furan rings is 1. The average molecular weight is 293 g/mol. The highest BCUT2D eigenvalue weighted by atomic mass is 32.1. The molecule has 0 saturated heterocycles. The van der Waals surface area contributed by atoms with Gasteiger partial charge in [0.25, 0.3) is 5.91 Å². The number of rotatable bonds is 5. The lowest BCUT2D eigenvalue weighted by atomic mass is 9.88. The minimum absolute atomic E-state index is 0.197. The molecule has 1 atom stereocenters. The third-order valence-electron chi connectivity index (χ3n) is 3.60. The van der Waals surface area contributed by atoms with Crippen molar-refractivity contribution in [2.45, 2.75) is 26.3 Å². The van der Waals surface area contributed by atoms with Crippen LogP contribution in [-0.4, -0.2) is 23.0 Å². The number of nitrogens with two attached hydrogens (primary N) is 1. The Morgan fingerprint density at radius 3 is 2.90 bits per heavy atom. The molecular weight excluding hydrogens is 274 g/mol. The number of nitrogens with one attached hydrogen (secondary N) is 1. The first kappa shape index (κ1) is 14.7. The molecule has 6 heteroatoms. The number of carbonyl (C=O) groups is 1. The number of hydrogen-bond donors (Lipinski definition) is 2. The van der Waals surface area contributed by atoms with Gasteiger partial charge in [0.2, 0.25) is 0 Å². The van der Waals surface area contributed by atoms with Gasteiger partial charge in [0.05, 0.1) is 11.8 Å². The highest BCUT2D eigenvalue weighted by molar-refractivity contribution is 7.13. The van der Waals surface area contributed by atoms with Crippen molar-refractivity contribution < 1.29 is 9.21 Å². The summed E-state index contributed by atoms with van der Waals surface area (Å²) < 4.78 is 5.02. The van der Waals surface area contributed by atoms with E-state index in [0.717, 1.165) is 10.6 Å². The molecule has 0 aliphatic heterocycles. The van der Waals surface area contributed by atoms with E-state index in [1.165, 1.54) is 11.3 Å². The molecule has 0 fully saturated rings. The number of carbonyl (C=O) groups excluding carboxylic acids is 1. The zero-order chi connectivity index (χ0) is 14.8. The van der Waals surface area contributed by atoms with Crippen LogP contribution in [0.5, 0.6) is 0 Å². The molecule has 1 amide bonds. The molecular formula is C14H19N3O2S. The predicted molar refractivity (Wildman–Crippen MR) is 79.6 cm³/mol. The second-order valence-electron chi connectivity index (χ2n) is 5.28. The fraction of sp³-hybridized carbons (Fsp3) is 0.429. The monoisotopic (exact) mass is 293 g/mol. The third kappa shape index (κ3) is 2.91. The summed E-state index contributed by atoms with van der Waals surface area (Å²) in [4.78, 5) is 16.6. The van der Waals surface area contributed by atoms with E-state index in [1.807, 2.05) is 26.8 Å². The van der Waals surface area contributed by atoms with Crippen molar-refractivity contribution in [1.29, 1.82) is 0 Å². The molecule has 0 radical (unpaired) electrons. The maximum Gasteiger partial charge on any atom is 0.271 e. The van der Waals surface area contributed by atoms with Crippen LogP contribution in [0.1, 0.15) is 31.3 Å². The number of thiazole rings is 1. The summed E-state index contributed by atoms with van der Waals surface area (Å²) in [5.74, 6) is 0.0427. The van der Waals surface area contributed by atoms with Gasteiger partial charge in [0.1, 0.15) is 17.0 Å². The second kappa shape index (κ2) is 5.76. The molecule has 108 valence electrons. The normalized spacial score (nSPS) is 14.2. The van der Waals surface area contributed by atoms with Gasteiger partial charge in [-0.2, -0.15) is 0 Å². The first-order valence-electron chi connectivity index (χ1n) is 6.47. The van der Waals surface area contributed by atoms with Gasteiger partial charge >= 0.3 is 0 Å². The van der Waals surface area contributed by atoms with E-state index in [-0.39, 0.29) is 11.8 Å². The van der Waals surface area contributed by atoms with Crippen molar-refractivity contribution in [1.82, 2.24) is 10.3 Å². The van der Waals surface area contributed by atoms with Gasteiger partial charge in [-0.05, 0) is 18.9 Å². The number of amides is 1. The van der Waals surface area contributed by atoms with Crippen LogP contribution in [0.25, 0.3) is 10.6 Å². The SMILES string of the molecule is CC(C)C(C)(CN)NC(=O)c1csc(-c2ccoc2)n1. The Bertz CT molecular complexity index is 577. The van der Waals surface area contributed by atoms with Crippen LogP contribution in [0.3, 0.4) is 0 Å². The third-order valence-corrected chi connectivity index (χ3v) is 4.49. The largest absolute Gasteiger partial charge is 0.472 e. The molecule has 0 aliphatic carbocycles. The molecule has 1 unspecified atom stereocenters. The van der Waals surface area contributed by atoms with Crippen molar-refractivity contribution in [3.8, 4) is 10.6 Å². The first-order chi connectivity index (χ1) is 9.46. The minimum Gasteiger partial charge on any atom is -0.472 e. The Morgan fingerprint density at radius 1 is 1.60 bits per heavy atom. The summed E-state index contributed by atoms with van der Waals surface area (Å²) in [6, 6.07) is 1.82. The molecule has 0 saturated carbocycles. The molecule has 2 rings (SSSR count). The molecule has 5 nitrogen and oxygen atoms in total. The first-order valence-corrected chi connectivity index (χ1v) is 7.35. The standard InChI is InChI=1S/C14H19N3O2S/c1-9(2)14(3,8-15)17-12(18)11-7-20-13(16-11)10-4-5-19-6-10/h4-7,9H,8,15H2,1-3H3,(H,17,18). The molecule has 0 bridgehead atoms. The van der Waals surface area contributed by atoms with E-state index >= 15 is 0 Å². The van der Waals surface area contributed by atoms with Gasteiger partial charge in [0.15, 0.2) is 0 Å². The van der Waals surface area contributed by atoms with Crippen LogP contribution in [0, 0.1) is 5.92 Å². The molecule has 0 spiro atoms. The van der Waals surface area contributed by atoms with Gasteiger partial charge in [0, 0.05) is 17.5 Å². The maximum absolute atomic E-state index is 12.3. The quantitative estimate of drug-likeness (QED) is 0.887. The molecule has 3 N–H and O–H groups in total. The van der Waals surface area contributed by atoms with Crippen molar-refractivity contribution in [2.75, 3.05) is 6.54 Å². The second-order valence-corrected chi connectivity index (χ2v) is 6.14. The Kier molecular flexibility index (Phi) is 4.25. The lowest BCUT2D eigenvalue weighted by Crippen LogP contribution is -2.55. The summed E-state index contributed by atoms with van der Waals surface area (Å²) in [6.45, 7) is 6.39. The van der Waals surface area contributed by atoms with Crippen LogP contribution in [0.15, 0.2) is 28.4 Å². The van der Waals surface area contributed by atoms with Crippen molar-refractivity contribution in [3.63, 3.8) is 0 Å². The highest BCUT2D eigenvalue weighted by Gasteiger charge is 2.29. The van der Waals surface area contributed by atoms with Crippen molar-refractivity contribution in [2.24, 2.45) is 11.7 Å². The van der Waals surface area contributed by atoms with Crippen LogP contribution in [-0.2, 0) is 0 Å². The summed E-state index contributed by atoms with van der Waals surface area (Å²) >= 11 is 1.41. The Balaban J connectivity index is 2.14. The average Bonchev–Trinajstić information content (AvgIpc) is 3.08. The Labute approximate surface area is 122 Å². The number of nitrogens with zero attached hydrogens (tertiary/aromatic N) is 1. The molecule has 20 heavy (non-hydrogen) atoms. The minimum atomic E-state index is -0.434. The van der Waals surface area contributed by atoms with Gasteiger partial charge in [-0.1, -0.05) is 13.8 Å². The van der Waals surface area contributed by atoms with Gasteiger partial charge in [-0.3, -0.25) is 4.79 Å². The summed E-state index contributed by atoms with van der Waals surface area (Å²) in [7, 11) is 0. The van der Waals surface area contributed by atoms with Crippen LogP contribution >= 0.6 is 11.3 Å². The van der Waals surface area contributed by atoms with E-state index in [4.69, 9.17) is 10.2 Å². The predicted octanol–water partition coefficient (Wildman–Crippen LogP) is 2.51. The zero-order valence-electron chi connectivity index (χ0n) is 11.8. The number of hydrogen-bond acceptors (Lipinski definition) is 5. The van der Waals surface area contributed by atoms with E-state index in [1.54, 1.807) is 17.9 Å². The van der Waals surface area contributed by atoms with Gasteiger partial charge in [-0.25, -0.2) is 4.98 Å². The number of aromatic nitrogens is 1. The van der Waals surface area contributed by atoms with Crippen LogP contribution in [0.2, 0.25) is 0 Å². The van der Waals surface area contributed by atoms with E-state index in [0.29, 0.717) is 12.2 Å². The van der Waals surface area contributed by atoms with Crippen molar-refractivity contribution >= 4 is 17.2 Å². The lowest BCUT2D eigenvalue weighted by Gasteiger charge is -2.33. The molecule has 2 heterocycles. The van der Waals surface area contributed by atoms with Crippen molar-refractivity contribution in [3.05, 3.63) is 29.7 Å². The van der Waals surface area contributed by atoms with Crippen LogP contribution < -0.4 is 11.1 Å². The lowest BCUT2D eigenvalue weighted by molar-refractivity contribution is 0.0879. The van der Waals surface area contributed by atoms with Gasteiger partial charge < -0.3 is 15.5 Å². The summed E-state index contributed by atoms with van der Waals surface area (Å²) in [6.07, 6.45) is 3.19. The topological polar surface area (TPSA) is 81.1 Å². The Hall–Kier alpha value is -1.66. The fourth-order valence-corrected chi connectivity index (χ4v) is 2.44. The van der Waals surface area contributed by atoms with Crippen LogP contribution in [0.4, 0.5) is 0 Å². The molecule has 2 aromatic heterocycles. The molecule has 0 aliphatic rings. The van der Waals surface area contributed by atoms with E-state index < -0.39 is 5.54 Å².